The fourth-order valence-electron chi connectivity index (χ4n) is 1.10. The van der Waals surface area contributed by atoms with Gasteiger partial charge in [0.05, 0.1) is 10.2 Å². The molecule has 11 heavy (non-hydrogen) atoms. The molecule has 1 rings (SSSR count). The molecule has 0 aromatic rings. The molecule has 1 aliphatic rings. The minimum atomic E-state index is -4.49. The van der Waals surface area contributed by atoms with E-state index in [1.165, 1.54) is 0 Å². The average molecular weight is 198 g/mol. The molecule has 6 heteroatoms. The minimum Gasteiger partial charge on any atom is -0.361 e. The maximum atomic E-state index is 12.5. The number of ether oxygens (including phenoxy) is 1. The molecule has 1 fully saturated rings. The van der Waals surface area contributed by atoms with Crippen LogP contribution >= 0.6 is 0 Å². The molecule has 0 amide bonds. The van der Waals surface area contributed by atoms with Crippen LogP contribution < -0.4 is 0 Å². The predicted octanol–water partition coefficient (Wildman–Crippen LogP) is -0.495. The second-order valence-corrected chi connectivity index (χ2v) is 6.96. The highest BCUT2D eigenvalue weighted by Gasteiger charge is 2.41. The minimum absolute atomic E-state index is 0.204. The van der Waals surface area contributed by atoms with E-state index < -0.39 is 14.8 Å². The molecule has 3 nitrogen and oxygen atoms in total. The van der Waals surface area contributed by atoms with E-state index in [1.54, 1.807) is 0 Å². The lowest BCUT2D eigenvalue weighted by molar-refractivity contribution is 0.0341. The highest BCUT2D eigenvalue weighted by Crippen LogP contribution is 2.28. The van der Waals surface area contributed by atoms with Gasteiger partial charge in [0.2, 0.25) is 0 Å². The van der Waals surface area contributed by atoms with Gasteiger partial charge in [0.25, 0.3) is 0 Å². The third-order valence-electron chi connectivity index (χ3n) is 1.95. The molecule has 0 radical (unpaired) electrons. The standard InChI is InChI=1S/C5H11FO3SSi/c6-10(7,8)5(11)3-1-2-4-9-5/h1-4H2,11H3. The third-order valence-corrected chi connectivity index (χ3v) is 5.55. The van der Waals surface area contributed by atoms with Crippen molar-refractivity contribution in [2.24, 2.45) is 0 Å². The summed E-state index contributed by atoms with van der Waals surface area (Å²) in [6, 6.07) is 0. The van der Waals surface area contributed by atoms with Crippen LogP contribution in [0.4, 0.5) is 3.89 Å². The molecule has 0 aromatic carbocycles. The van der Waals surface area contributed by atoms with Crippen LogP contribution in [0.25, 0.3) is 0 Å². The summed E-state index contributed by atoms with van der Waals surface area (Å²) < 4.78 is 37.1. The van der Waals surface area contributed by atoms with Gasteiger partial charge >= 0.3 is 10.2 Å². The van der Waals surface area contributed by atoms with Gasteiger partial charge in [-0.05, 0) is 19.3 Å². The molecule has 0 N–H and O–H groups in total. The van der Waals surface area contributed by atoms with E-state index in [-0.39, 0.29) is 10.2 Å². The van der Waals surface area contributed by atoms with Crippen LogP contribution in [0.1, 0.15) is 19.3 Å². The van der Waals surface area contributed by atoms with Crippen LogP contribution in [0.5, 0.6) is 0 Å². The molecule has 0 aliphatic carbocycles. The lowest BCUT2D eigenvalue weighted by Gasteiger charge is -2.29. The fraction of sp³-hybridized carbons (Fsp3) is 1.00. The summed E-state index contributed by atoms with van der Waals surface area (Å²) >= 11 is 0. The summed E-state index contributed by atoms with van der Waals surface area (Å²) in [4.78, 5) is 0. The van der Waals surface area contributed by atoms with Crippen molar-refractivity contribution >= 4 is 20.5 Å². The van der Waals surface area contributed by atoms with Crippen molar-refractivity contribution in [2.75, 3.05) is 6.61 Å². The Balaban J connectivity index is 2.81. The van der Waals surface area contributed by atoms with E-state index in [4.69, 9.17) is 4.74 Å². The van der Waals surface area contributed by atoms with E-state index in [0.29, 0.717) is 13.0 Å². The number of hydrogen-bond donors (Lipinski definition) is 0. The second-order valence-electron chi connectivity index (χ2n) is 2.88. The molecule has 1 aliphatic heterocycles. The summed E-state index contributed by atoms with van der Waals surface area (Å²) in [7, 11) is -4.28. The maximum absolute atomic E-state index is 12.5. The summed E-state index contributed by atoms with van der Waals surface area (Å²) in [6.45, 7) is 0.368. The topological polar surface area (TPSA) is 43.4 Å². The molecule has 0 saturated carbocycles. The van der Waals surface area contributed by atoms with E-state index in [1.807, 2.05) is 0 Å². The first-order chi connectivity index (χ1) is 4.96. The van der Waals surface area contributed by atoms with Gasteiger partial charge in [-0.15, -0.1) is 3.89 Å². The Labute approximate surface area is 68.6 Å². The lowest BCUT2D eigenvalue weighted by Crippen LogP contribution is -2.42. The Morgan fingerprint density at radius 2 is 2.09 bits per heavy atom. The molecule has 0 aromatic heterocycles. The summed E-state index contributed by atoms with van der Waals surface area (Å²) in [5, 5.41) is 0. The molecular weight excluding hydrogens is 187 g/mol. The molecule has 0 spiro atoms. The van der Waals surface area contributed by atoms with Crippen LogP contribution in [0.2, 0.25) is 0 Å². The zero-order chi connectivity index (χ0) is 8.54. The Kier molecular flexibility index (Phi) is 2.36. The lowest BCUT2D eigenvalue weighted by atomic mass is 10.2. The number of rotatable bonds is 1. The van der Waals surface area contributed by atoms with Gasteiger partial charge < -0.3 is 4.74 Å². The SMILES string of the molecule is O=S(=O)(F)C1([SiH3])CCCCO1. The molecule has 66 valence electrons. The fourth-order valence-corrected chi connectivity index (χ4v) is 2.27. The third kappa shape index (κ3) is 1.80. The summed E-state index contributed by atoms with van der Waals surface area (Å²) in [5.41, 5.74) is 0. The molecular formula is C5H11FO3SSi. The van der Waals surface area contributed by atoms with E-state index >= 15 is 0 Å². The van der Waals surface area contributed by atoms with Crippen LogP contribution in [0.15, 0.2) is 0 Å². The van der Waals surface area contributed by atoms with Gasteiger partial charge in [-0.2, -0.15) is 8.42 Å². The van der Waals surface area contributed by atoms with E-state index in [9.17, 15) is 12.3 Å². The van der Waals surface area contributed by atoms with Crippen LogP contribution in [-0.4, -0.2) is 29.8 Å². The quantitative estimate of drug-likeness (QED) is 0.421. The smallest absolute Gasteiger partial charge is 0.327 e. The number of hydrogen-bond acceptors (Lipinski definition) is 3. The van der Waals surface area contributed by atoms with E-state index in [2.05, 4.69) is 0 Å². The predicted molar refractivity (Wildman–Crippen MR) is 42.5 cm³/mol. The molecule has 1 heterocycles. The van der Waals surface area contributed by atoms with Gasteiger partial charge in [0.1, 0.15) is 0 Å². The Bertz CT molecular complexity index is 232. The summed E-state index contributed by atoms with van der Waals surface area (Å²) in [6.07, 6.45) is 1.89. The normalized spacial score (nSPS) is 33.9. The highest BCUT2D eigenvalue weighted by atomic mass is 32.3. The van der Waals surface area contributed by atoms with Gasteiger partial charge in [0, 0.05) is 6.61 Å². The van der Waals surface area contributed by atoms with Crippen molar-refractivity contribution in [2.45, 2.75) is 23.8 Å². The maximum Gasteiger partial charge on any atom is 0.327 e. The van der Waals surface area contributed by atoms with Crippen LogP contribution in [0, 0.1) is 0 Å². The average Bonchev–Trinajstić information content (AvgIpc) is 1.87. The van der Waals surface area contributed by atoms with Crippen LogP contribution in [0.3, 0.4) is 0 Å². The molecule has 1 saturated heterocycles. The van der Waals surface area contributed by atoms with Crippen molar-refractivity contribution in [3.8, 4) is 0 Å². The highest BCUT2D eigenvalue weighted by molar-refractivity contribution is 7.88. The van der Waals surface area contributed by atoms with Crippen molar-refractivity contribution in [1.29, 1.82) is 0 Å². The first-order valence-electron chi connectivity index (χ1n) is 3.54. The Morgan fingerprint density at radius 3 is 2.36 bits per heavy atom. The molecule has 0 bridgehead atoms. The van der Waals surface area contributed by atoms with Gasteiger partial charge in [0.15, 0.2) is 4.56 Å². The first-order valence-corrected chi connectivity index (χ1v) is 5.92. The second kappa shape index (κ2) is 2.84. The van der Waals surface area contributed by atoms with Crippen molar-refractivity contribution in [3.63, 3.8) is 0 Å². The zero-order valence-electron chi connectivity index (χ0n) is 6.34. The van der Waals surface area contributed by atoms with Crippen LogP contribution in [-0.2, 0) is 15.0 Å². The first kappa shape index (κ1) is 9.15. The molecule has 1 atom stereocenters. The summed E-state index contributed by atoms with van der Waals surface area (Å²) in [5.74, 6) is 0. The van der Waals surface area contributed by atoms with Crippen molar-refractivity contribution < 1.29 is 17.0 Å². The monoisotopic (exact) mass is 198 g/mol. The zero-order valence-corrected chi connectivity index (χ0v) is 9.16. The van der Waals surface area contributed by atoms with E-state index in [0.717, 1.165) is 12.8 Å². The Morgan fingerprint density at radius 1 is 1.45 bits per heavy atom. The number of halogens is 1. The Hall–Kier alpha value is 0.0569. The van der Waals surface area contributed by atoms with Crippen molar-refractivity contribution in [3.05, 3.63) is 0 Å². The van der Waals surface area contributed by atoms with Crippen molar-refractivity contribution in [1.82, 2.24) is 0 Å². The van der Waals surface area contributed by atoms with Gasteiger partial charge in [-0.1, -0.05) is 0 Å². The van der Waals surface area contributed by atoms with Gasteiger partial charge in [-0.25, -0.2) is 0 Å². The van der Waals surface area contributed by atoms with Gasteiger partial charge in [-0.3, -0.25) is 0 Å². The largest absolute Gasteiger partial charge is 0.361 e. The molecule has 1 unspecified atom stereocenters.